The van der Waals surface area contributed by atoms with Gasteiger partial charge in [-0.3, -0.25) is 0 Å². The van der Waals surface area contributed by atoms with Crippen molar-refractivity contribution >= 4 is 21.7 Å². The molecule has 11 heteroatoms. The van der Waals surface area contributed by atoms with Gasteiger partial charge in [-0.25, -0.2) is 9.52 Å². The summed E-state index contributed by atoms with van der Waals surface area (Å²) in [5.74, 6) is 0.715. The van der Waals surface area contributed by atoms with E-state index in [0.717, 1.165) is 48.8 Å². The highest BCUT2D eigenvalue weighted by molar-refractivity contribution is 7.89. The van der Waals surface area contributed by atoms with Gasteiger partial charge in [-0.2, -0.15) is 21.6 Å². The number of sulfonamides is 1. The number of halogens is 3. The third kappa shape index (κ3) is 4.49. The van der Waals surface area contributed by atoms with E-state index in [-0.39, 0.29) is 5.92 Å². The number of aliphatic hydroxyl groups is 1. The van der Waals surface area contributed by atoms with E-state index in [2.05, 4.69) is 16.7 Å². The van der Waals surface area contributed by atoms with E-state index in [1.807, 2.05) is 12.1 Å². The number of aryl methyl sites for hydroxylation is 1. The van der Waals surface area contributed by atoms with Gasteiger partial charge < -0.3 is 14.8 Å². The van der Waals surface area contributed by atoms with Crippen LogP contribution in [0.25, 0.3) is 0 Å². The van der Waals surface area contributed by atoms with Crippen LogP contribution in [0.4, 0.5) is 23.7 Å². The Morgan fingerprint density at radius 1 is 1.25 bits per heavy atom. The third-order valence-corrected chi connectivity index (χ3v) is 7.28. The molecule has 1 aromatic heterocycles. The van der Waals surface area contributed by atoms with Gasteiger partial charge in [0.15, 0.2) is 6.10 Å². The maximum Gasteiger partial charge on any atom is 0.418 e. The fourth-order valence-corrected chi connectivity index (χ4v) is 5.04. The summed E-state index contributed by atoms with van der Waals surface area (Å²) in [4.78, 5) is 12.6. The quantitative estimate of drug-likeness (QED) is 0.578. The summed E-state index contributed by atoms with van der Waals surface area (Å²) in [5, 5.41) is 11.0. The summed E-state index contributed by atoms with van der Waals surface area (Å²) in [6.07, 6.45) is -2.63. The van der Waals surface area contributed by atoms with Crippen LogP contribution in [-0.2, 0) is 22.9 Å². The largest absolute Gasteiger partial charge is 0.451 e. The molecular weight excluding hydrogens is 449 g/mol. The molecule has 0 unspecified atom stereocenters. The van der Waals surface area contributed by atoms with Gasteiger partial charge in [-0.1, -0.05) is 19.1 Å². The van der Waals surface area contributed by atoms with Gasteiger partial charge >= 0.3 is 12.2 Å². The SMILES string of the molecule is C[C@@H](c1ccc2c(c1NC(=O)NS(=O)(=O)c1cc([C@@H](O)C(F)(F)F)co1)CCC2)C1CC1. The molecule has 2 atom stereocenters. The molecule has 2 aromatic rings. The van der Waals surface area contributed by atoms with E-state index in [0.29, 0.717) is 23.9 Å². The fraction of sp³-hybridized carbons (Fsp3) is 0.476. The first-order valence-electron chi connectivity index (χ1n) is 10.3. The molecule has 1 heterocycles. The molecule has 2 aliphatic carbocycles. The summed E-state index contributed by atoms with van der Waals surface area (Å²) in [7, 11) is -4.60. The first kappa shape index (κ1) is 22.7. The molecule has 0 spiro atoms. The highest BCUT2D eigenvalue weighted by atomic mass is 32.2. The number of fused-ring (bicyclic) bond motifs is 1. The smallest absolute Gasteiger partial charge is 0.418 e. The van der Waals surface area contributed by atoms with Crippen LogP contribution in [0.3, 0.4) is 0 Å². The predicted molar refractivity (Wildman–Crippen MR) is 109 cm³/mol. The highest BCUT2D eigenvalue weighted by Gasteiger charge is 2.41. The molecule has 1 saturated carbocycles. The molecule has 2 aliphatic rings. The second-order valence-corrected chi connectivity index (χ2v) is 9.96. The van der Waals surface area contributed by atoms with Crippen LogP contribution < -0.4 is 10.0 Å². The van der Waals surface area contributed by atoms with Crippen LogP contribution in [0, 0.1) is 5.92 Å². The second-order valence-electron chi connectivity index (χ2n) is 8.35. The van der Waals surface area contributed by atoms with Gasteiger partial charge in [-0.05, 0) is 60.6 Å². The van der Waals surface area contributed by atoms with Crippen molar-refractivity contribution in [2.75, 3.05) is 5.32 Å². The van der Waals surface area contributed by atoms with E-state index < -0.39 is 39.0 Å². The first-order valence-corrected chi connectivity index (χ1v) is 11.8. The van der Waals surface area contributed by atoms with E-state index >= 15 is 0 Å². The topological polar surface area (TPSA) is 109 Å². The van der Waals surface area contributed by atoms with E-state index in [9.17, 15) is 31.5 Å². The van der Waals surface area contributed by atoms with Gasteiger partial charge in [0.05, 0.1) is 6.26 Å². The number of nitrogens with one attached hydrogen (secondary N) is 2. The molecule has 174 valence electrons. The molecule has 32 heavy (non-hydrogen) atoms. The second kappa shape index (κ2) is 8.11. The Bertz CT molecular complexity index is 1140. The van der Waals surface area contributed by atoms with E-state index in [1.54, 1.807) is 4.72 Å². The summed E-state index contributed by atoms with van der Waals surface area (Å²) in [6, 6.07) is 3.51. The Labute approximate surface area is 183 Å². The monoisotopic (exact) mass is 472 g/mol. The van der Waals surface area contributed by atoms with Gasteiger partial charge in [0.25, 0.3) is 10.0 Å². The zero-order chi connectivity index (χ0) is 23.3. The molecule has 0 saturated heterocycles. The predicted octanol–water partition coefficient (Wildman–Crippen LogP) is 4.39. The lowest BCUT2D eigenvalue weighted by Crippen LogP contribution is -2.35. The average molecular weight is 472 g/mol. The number of furan rings is 1. The molecular formula is C21H23F3N2O5S. The standard InChI is InChI=1S/C21H23F3N2O5S/c1-11(12-5-6-12)15-8-7-13-3-2-4-16(13)18(15)25-20(28)26-32(29,30)17-9-14(10-31-17)19(27)21(22,23)24/h7-12,19,27H,2-6H2,1H3,(H2,25,26,28)/t11-,19-/m1/s1. The van der Waals surface area contributed by atoms with Crippen LogP contribution in [0.1, 0.15) is 60.5 Å². The minimum atomic E-state index is -4.99. The number of urea groups is 1. The minimum Gasteiger partial charge on any atom is -0.451 e. The molecule has 0 bridgehead atoms. The van der Waals surface area contributed by atoms with Crippen LogP contribution in [0.15, 0.2) is 34.0 Å². The van der Waals surface area contributed by atoms with Crippen LogP contribution >= 0.6 is 0 Å². The number of rotatable bonds is 6. The van der Waals surface area contributed by atoms with Gasteiger partial charge in [0.1, 0.15) is 0 Å². The van der Waals surface area contributed by atoms with Crippen molar-refractivity contribution in [2.24, 2.45) is 5.92 Å². The summed E-state index contributed by atoms with van der Waals surface area (Å²) in [5.41, 5.74) is 2.84. The third-order valence-electron chi connectivity index (χ3n) is 6.09. The molecule has 1 aromatic carbocycles. The molecule has 7 nitrogen and oxygen atoms in total. The molecule has 0 aliphatic heterocycles. The number of benzene rings is 1. The number of amides is 2. The van der Waals surface area contributed by atoms with Gasteiger partial charge in [0, 0.05) is 17.3 Å². The van der Waals surface area contributed by atoms with Crippen molar-refractivity contribution in [1.82, 2.24) is 4.72 Å². The Balaban J connectivity index is 1.54. The van der Waals surface area contributed by atoms with Crippen molar-refractivity contribution in [3.05, 3.63) is 46.7 Å². The van der Waals surface area contributed by atoms with Gasteiger partial charge in [-0.15, -0.1) is 0 Å². The number of carbonyl (C=O) groups is 1. The number of anilines is 1. The zero-order valence-electron chi connectivity index (χ0n) is 17.2. The number of aliphatic hydroxyl groups excluding tert-OH is 1. The normalized spacial score (nSPS) is 18.2. The summed E-state index contributed by atoms with van der Waals surface area (Å²) < 4.78 is 69.3. The Morgan fingerprint density at radius 3 is 2.62 bits per heavy atom. The molecule has 2 amide bonds. The Kier molecular flexibility index (Phi) is 5.74. The van der Waals surface area contributed by atoms with Crippen molar-refractivity contribution in [1.29, 1.82) is 0 Å². The van der Waals surface area contributed by atoms with Crippen LogP contribution in [0.2, 0.25) is 0 Å². The number of hydrogen-bond acceptors (Lipinski definition) is 5. The zero-order valence-corrected chi connectivity index (χ0v) is 18.0. The van der Waals surface area contributed by atoms with Gasteiger partial charge in [0.2, 0.25) is 5.09 Å². The molecule has 0 radical (unpaired) electrons. The Morgan fingerprint density at radius 2 is 1.97 bits per heavy atom. The Hall–Kier alpha value is -2.53. The minimum absolute atomic E-state index is 0.198. The van der Waals surface area contributed by atoms with Crippen molar-refractivity contribution in [3.8, 4) is 0 Å². The molecule has 4 rings (SSSR count). The van der Waals surface area contributed by atoms with Crippen molar-refractivity contribution in [3.63, 3.8) is 0 Å². The maximum atomic E-state index is 12.6. The lowest BCUT2D eigenvalue weighted by molar-refractivity contribution is -0.206. The fourth-order valence-electron chi connectivity index (χ4n) is 4.18. The molecule has 1 fully saturated rings. The van der Waals surface area contributed by atoms with Crippen LogP contribution in [-0.4, -0.2) is 25.7 Å². The first-order chi connectivity index (χ1) is 15.0. The van der Waals surface area contributed by atoms with Crippen molar-refractivity contribution < 1.29 is 35.9 Å². The maximum absolute atomic E-state index is 12.6. The average Bonchev–Trinajstić information content (AvgIpc) is 3.23. The van der Waals surface area contributed by atoms with Crippen LogP contribution in [0.5, 0.6) is 0 Å². The lowest BCUT2D eigenvalue weighted by Gasteiger charge is -2.20. The number of carbonyl (C=O) groups excluding carboxylic acids is 1. The van der Waals surface area contributed by atoms with Crippen molar-refractivity contribution in [2.45, 2.75) is 62.3 Å². The molecule has 3 N–H and O–H groups in total. The summed E-state index contributed by atoms with van der Waals surface area (Å²) >= 11 is 0. The number of hydrogen-bond donors (Lipinski definition) is 3. The highest BCUT2D eigenvalue weighted by Crippen LogP contribution is 2.46. The van der Waals surface area contributed by atoms with E-state index in [1.165, 1.54) is 0 Å². The van der Waals surface area contributed by atoms with E-state index in [4.69, 9.17) is 0 Å². The number of alkyl halides is 3. The lowest BCUT2D eigenvalue weighted by atomic mass is 9.91. The summed E-state index contributed by atoms with van der Waals surface area (Å²) in [6.45, 7) is 2.07.